The largest absolute Gasteiger partial charge is 0.416 e. The smallest absolute Gasteiger partial charge is 0.351 e. The number of hydrogen-bond donors (Lipinski definition) is 2. The van der Waals surface area contributed by atoms with Crippen molar-refractivity contribution in [2.75, 3.05) is 5.32 Å². The summed E-state index contributed by atoms with van der Waals surface area (Å²) in [6.07, 6.45) is -15.0. The molecule has 0 atom stereocenters. The fourth-order valence-electron chi connectivity index (χ4n) is 2.45. The van der Waals surface area contributed by atoms with Gasteiger partial charge in [-0.25, -0.2) is 14.5 Å². The highest BCUT2D eigenvalue weighted by Crippen LogP contribution is 2.37. The van der Waals surface area contributed by atoms with E-state index in [4.69, 9.17) is 5.73 Å². The number of nitrogens with zero attached hydrogens (tertiary/aromatic N) is 1. The molecule has 0 saturated heterocycles. The first-order chi connectivity index (χ1) is 14.5. The lowest BCUT2D eigenvalue weighted by atomic mass is 10.1. The SMILES string of the molecule is NC(=O)N(Cc1ccc(C(F)(F)F)cc1)C(=O)Nc1cc(C(F)(F)F)cc(C(F)(F)F)c1. The highest BCUT2D eigenvalue weighted by Gasteiger charge is 2.37. The summed E-state index contributed by atoms with van der Waals surface area (Å²) < 4.78 is 115. The van der Waals surface area contributed by atoms with Crippen molar-refractivity contribution in [3.05, 3.63) is 64.7 Å². The molecule has 0 bridgehead atoms. The van der Waals surface area contributed by atoms with Gasteiger partial charge in [0, 0.05) is 5.69 Å². The Labute approximate surface area is 173 Å². The molecule has 0 radical (unpaired) electrons. The third-order valence-corrected chi connectivity index (χ3v) is 3.97. The predicted octanol–water partition coefficient (Wildman–Crippen LogP) is 5.86. The van der Waals surface area contributed by atoms with Gasteiger partial charge >= 0.3 is 30.6 Å². The van der Waals surface area contributed by atoms with E-state index in [-0.39, 0.29) is 28.7 Å². The Hall–Kier alpha value is -3.45. The molecule has 2 aromatic carbocycles. The van der Waals surface area contributed by atoms with E-state index in [0.29, 0.717) is 12.1 Å². The van der Waals surface area contributed by atoms with E-state index < -0.39 is 59.5 Å². The van der Waals surface area contributed by atoms with Gasteiger partial charge in [0.2, 0.25) is 0 Å². The maximum Gasteiger partial charge on any atom is 0.416 e. The van der Waals surface area contributed by atoms with Gasteiger partial charge in [-0.1, -0.05) is 12.1 Å². The van der Waals surface area contributed by atoms with Crippen molar-refractivity contribution in [2.24, 2.45) is 5.73 Å². The van der Waals surface area contributed by atoms with Crippen LogP contribution in [0.2, 0.25) is 0 Å². The van der Waals surface area contributed by atoms with Crippen molar-refractivity contribution < 1.29 is 49.1 Å². The van der Waals surface area contributed by atoms with E-state index in [0.717, 1.165) is 12.1 Å². The second kappa shape index (κ2) is 8.59. The quantitative estimate of drug-likeness (QED) is 0.549. The Morgan fingerprint density at radius 1 is 0.750 bits per heavy atom. The number of amides is 4. The summed E-state index contributed by atoms with van der Waals surface area (Å²) in [5.74, 6) is 0. The summed E-state index contributed by atoms with van der Waals surface area (Å²) in [6, 6.07) is 0.438. The first kappa shape index (κ1) is 24.8. The maximum absolute atomic E-state index is 12.9. The van der Waals surface area contributed by atoms with Gasteiger partial charge in [-0.3, -0.25) is 0 Å². The van der Waals surface area contributed by atoms with Crippen molar-refractivity contribution in [1.82, 2.24) is 4.90 Å². The minimum absolute atomic E-state index is 0.0213. The van der Waals surface area contributed by atoms with Crippen molar-refractivity contribution in [2.45, 2.75) is 25.1 Å². The van der Waals surface area contributed by atoms with Gasteiger partial charge < -0.3 is 11.1 Å². The Morgan fingerprint density at radius 2 is 1.19 bits per heavy atom. The third-order valence-electron chi connectivity index (χ3n) is 3.97. The molecule has 0 aromatic heterocycles. The molecule has 0 unspecified atom stereocenters. The van der Waals surface area contributed by atoms with Crippen molar-refractivity contribution in [1.29, 1.82) is 0 Å². The molecule has 0 heterocycles. The van der Waals surface area contributed by atoms with Crippen LogP contribution in [-0.2, 0) is 25.1 Å². The van der Waals surface area contributed by atoms with Crippen molar-refractivity contribution in [3.8, 4) is 0 Å². The molecule has 4 amide bonds. The van der Waals surface area contributed by atoms with E-state index in [9.17, 15) is 49.1 Å². The second-order valence-electron chi connectivity index (χ2n) is 6.34. The molecule has 5 nitrogen and oxygen atoms in total. The van der Waals surface area contributed by atoms with Crippen LogP contribution in [-0.4, -0.2) is 17.0 Å². The molecule has 0 aliphatic rings. The number of nitrogens with one attached hydrogen (secondary N) is 1. The zero-order valence-electron chi connectivity index (χ0n) is 15.5. The van der Waals surface area contributed by atoms with Gasteiger partial charge in [-0.05, 0) is 35.9 Å². The maximum atomic E-state index is 12.9. The second-order valence-corrected chi connectivity index (χ2v) is 6.34. The average Bonchev–Trinajstić information content (AvgIpc) is 2.63. The zero-order chi connectivity index (χ0) is 24.5. The summed E-state index contributed by atoms with van der Waals surface area (Å²) in [5.41, 5.74) is -0.385. The van der Waals surface area contributed by atoms with Gasteiger partial charge in [0.15, 0.2) is 0 Å². The van der Waals surface area contributed by atoms with E-state index in [1.165, 1.54) is 0 Å². The predicted molar refractivity (Wildman–Crippen MR) is 92.0 cm³/mol. The molecule has 3 N–H and O–H groups in total. The number of anilines is 1. The van der Waals surface area contributed by atoms with E-state index in [1.54, 1.807) is 5.32 Å². The average molecular weight is 473 g/mol. The number of alkyl halides is 9. The number of nitrogens with two attached hydrogens (primary N) is 1. The molecule has 0 spiro atoms. The molecule has 0 saturated carbocycles. The Balaban J connectivity index is 2.31. The summed E-state index contributed by atoms with van der Waals surface area (Å²) >= 11 is 0. The monoisotopic (exact) mass is 473 g/mol. The zero-order valence-corrected chi connectivity index (χ0v) is 15.5. The first-order valence-corrected chi connectivity index (χ1v) is 8.32. The number of primary amides is 1. The number of benzene rings is 2. The van der Waals surface area contributed by atoms with Gasteiger partial charge in [-0.2, -0.15) is 39.5 Å². The first-order valence-electron chi connectivity index (χ1n) is 8.32. The molecule has 0 aliphatic carbocycles. The van der Waals surface area contributed by atoms with E-state index in [2.05, 4.69) is 0 Å². The lowest BCUT2D eigenvalue weighted by molar-refractivity contribution is -0.143. The highest BCUT2D eigenvalue weighted by molar-refractivity contribution is 6.00. The lowest BCUT2D eigenvalue weighted by Gasteiger charge is -2.21. The molecule has 2 rings (SSSR count). The number of rotatable bonds is 3. The Bertz CT molecular complexity index is 964. The molecular weight excluding hydrogens is 461 g/mol. The Morgan fingerprint density at radius 3 is 1.56 bits per heavy atom. The van der Waals surface area contributed by atoms with Crippen LogP contribution in [0.15, 0.2) is 42.5 Å². The van der Waals surface area contributed by atoms with Gasteiger partial charge in [-0.15, -0.1) is 0 Å². The fourth-order valence-corrected chi connectivity index (χ4v) is 2.45. The lowest BCUT2D eigenvalue weighted by Crippen LogP contribution is -2.42. The van der Waals surface area contributed by atoms with Crippen LogP contribution in [0, 0.1) is 0 Å². The molecule has 2 aromatic rings. The van der Waals surface area contributed by atoms with E-state index in [1.807, 2.05) is 0 Å². The molecule has 0 fully saturated rings. The number of carbonyl (C=O) groups excluding carboxylic acids is 2. The van der Waals surface area contributed by atoms with Gasteiger partial charge in [0.05, 0.1) is 23.2 Å². The Kier molecular flexibility index (Phi) is 6.66. The number of urea groups is 2. The van der Waals surface area contributed by atoms with Crippen LogP contribution in [0.3, 0.4) is 0 Å². The molecule has 174 valence electrons. The van der Waals surface area contributed by atoms with Gasteiger partial charge in [0.25, 0.3) is 0 Å². The highest BCUT2D eigenvalue weighted by atomic mass is 19.4. The van der Waals surface area contributed by atoms with Crippen LogP contribution >= 0.6 is 0 Å². The fraction of sp³-hybridized carbons (Fsp3) is 0.222. The number of halogens is 9. The number of imide groups is 1. The molecule has 0 aliphatic heterocycles. The van der Waals surface area contributed by atoms with Crippen LogP contribution < -0.4 is 11.1 Å². The summed E-state index contributed by atoms with van der Waals surface area (Å²) in [5, 5.41) is 1.71. The number of hydrogen-bond acceptors (Lipinski definition) is 2. The standard InChI is InChI=1S/C18H12F9N3O2/c19-16(20,21)10-3-1-9(2-4-10)8-30(14(28)31)15(32)29-13-6-11(17(22,23)24)5-12(7-13)18(25,26)27/h1-7H,8H2,(H2,28,31)(H,29,32). The van der Waals surface area contributed by atoms with Crippen LogP contribution in [0.5, 0.6) is 0 Å². The minimum Gasteiger partial charge on any atom is -0.351 e. The summed E-state index contributed by atoms with van der Waals surface area (Å²) in [7, 11) is 0. The summed E-state index contributed by atoms with van der Waals surface area (Å²) in [6.45, 7) is -0.704. The topological polar surface area (TPSA) is 75.4 Å². The molecule has 32 heavy (non-hydrogen) atoms. The van der Waals surface area contributed by atoms with E-state index >= 15 is 0 Å². The number of carbonyl (C=O) groups is 2. The van der Waals surface area contributed by atoms with Gasteiger partial charge in [0.1, 0.15) is 0 Å². The van der Waals surface area contributed by atoms with Crippen LogP contribution in [0.25, 0.3) is 0 Å². The van der Waals surface area contributed by atoms with Crippen molar-refractivity contribution >= 4 is 17.7 Å². The molecule has 14 heteroatoms. The minimum atomic E-state index is -5.18. The van der Waals surface area contributed by atoms with Crippen LogP contribution in [0.1, 0.15) is 22.3 Å². The van der Waals surface area contributed by atoms with Crippen molar-refractivity contribution in [3.63, 3.8) is 0 Å². The van der Waals surface area contributed by atoms with Crippen LogP contribution in [0.4, 0.5) is 54.8 Å². The third kappa shape index (κ3) is 6.28. The molecular formula is C18H12F9N3O2. The summed E-state index contributed by atoms with van der Waals surface area (Å²) in [4.78, 5) is 24.0. The normalized spacial score (nSPS) is 12.4.